The summed E-state index contributed by atoms with van der Waals surface area (Å²) in [7, 11) is 0. The Labute approximate surface area is 81.3 Å². The monoisotopic (exact) mass is 194 g/mol. The highest BCUT2D eigenvalue weighted by Gasteiger charge is 2.16. The average Bonchev–Trinajstić information content (AvgIpc) is 2.64. The lowest BCUT2D eigenvalue weighted by molar-refractivity contribution is -0.194. The third kappa shape index (κ3) is 1.56. The van der Waals surface area contributed by atoms with E-state index < -0.39 is 0 Å². The lowest BCUT2D eigenvalue weighted by Gasteiger charge is -2.01. The molecule has 2 rings (SSSR count). The Morgan fingerprint density at radius 3 is 3.21 bits per heavy atom. The van der Waals surface area contributed by atoms with Crippen LogP contribution in [0.3, 0.4) is 0 Å². The highest BCUT2D eigenvalue weighted by molar-refractivity contribution is 5.89. The van der Waals surface area contributed by atoms with E-state index in [1.54, 1.807) is 25.1 Å². The van der Waals surface area contributed by atoms with E-state index in [2.05, 4.69) is 0 Å². The summed E-state index contributed by atoms with van der Waals surface area (Å²) in [5.74, 6) is 0.347. The number of esters is 1. The van der Waals surface area contributed by atoms with E-state index >= 15 is 0 Å². The molecule has 4 nitrogen and oxygen atoms in total. The van der Waals surface area contributed by atoms with Crippen LogP contribution in [0.1, 0.15) is 22.8 Å². The lowest BCUT2D eigenvalue weighted by atomic mass is 10.1. The van der Waals surface area contributed by atoms with Crippen molar-refractivity contribution in [2.24, 2.45) is 0 Å². The molecule has 0 aromatic heterocycles. The van der Waals surface area contributed by atoms with Crippen LogP contribution in [0.5, 0.6) is 5.75 Å². The van der Waals surface area contributed by atoms with Crippen molar-refractivity contribution in [3.8, 4) is 5.75 Å². The molecule has 1 aromatic carbocycles. The molecule has 74 valence electrons. The third-order valence-corrected chi connectivity index (χ3v) is 1.93. The molecule has 0 N–H and O–H groups in total. The van der Waals surface area contributed by atoms with Gasteiger partial charge in [0.2, 0.25) is 0 Å². The van der Waals surface area contributed by atoms with Crippen molar-refractivity contribution in [1.29, 1.82) is 0 Å². The Morgan fingerprint density at radius 2 is 2.43 bits per heavy atom. The summed E-state index contributed by atoms with van der Waals surface area (Å²) >= 11 is 0. The summed E-state index contributed by atoms with van der Waals surface area (Å²) in [5.41, 5.74) is 1.40. The second-order valence-electron chi connectivity index (χ2n) is 2.89. The number of ether oxygens (including phenoxy) is 1. The van der Waals surface area contributed by atoms with Gasteiger partial charge in [-0.2, -0.15) is 4.89 Å². The molecule has 1 aliphatic heterocycles. The molecule has 1 aliphatic rings. The van der Waals surface area contributed by atoms with Crippen molar-refractivity contribution >= 4 is 5.97 Å². The van der Waals surface area contributed by atoms with Gasteiger partial charge in [0.15, 0.2) is 5.75 Å². The SMILES string of the molecule is CCOC(=O)c1ccc2c(c1)COO2. The van der Waals surface area contributed by atoms with Gasteiger partial charge in [-0.05, 0) is 25.1 Å². The molecule has 0 fully saturated rings. The molecule has 0 saturated carbocycles. The highest BCUT2D eigenvalue weighted by Crippen LogP contribution is 2.26. The van der Waals surface area contributed by atoms with E-state index in [4.69, 9.17) is 14.5 Å². The van der Waals surface area contributed by atoms with E-state index in [0.29, 0.717) is 24.5 Å². The predicted molar refractivity (Wildman–Crippen MR) is 47.8 cm³/mol. The fourth-order valence-corrected chi connectivity index (χ4v) is 1.27. The number of hydrogen-bond acceptors (Lipinski definition) is 4. The van der Waals surface area contributed by atoms with Crippen LogP contribution in [-0.4, -0.2) is 12.6 Å². The van der Waals surface area contributed by atoms with Crippen LogP contribution in [0, 0.1) is 0 Å². The first-order valence-corrected chi connectivity index (χ1v) is 4.41. The molecule has 1 aromatic rings. The van der Waals surface area contributed by atoms with Gasteiger partial charge in [0, 0.05) is 5.56 Å². The standard InChI is InChI=1S/C10H10O4/c1-2-12-10(11)7-3-4-9-8(5-7)6-13-14-9/h3-5H,2,6H2,1H3. The van der Waals surface area contributed by atoms with Crippen LogP contribution >= 0.6 is 0 Å². The van der Waals surface area contributed by atoms with Crippen molar-refractivity contribution in [3.05, 3.63) is 29.3 Å². The molecule has 0 radical (unpaired) electrons. The number of carbonyl (C=O) groups excluding carboxylic acids is 1. The van der Waals surface area contributed by atoms with Crippen molar-refractivity contribution in [2.45, 2.75) is 13.5 Å². The van der Waals surface area contributed by atoms with Crippen molar-refractivity contribution in [1.82, 2.24) is 0 Å². The number of carbonyl (C=O) groups is 1. The molecule has 0 bridgehead atoms. The summed E-state index contributed by atoms with van der Waals surface area (Å²) in [6.07, 6.45) is 0. The van der Waals surface area contributed by atoms with E-state index in [1.165, 1.54) is 0 Å². The lowest BCUT2D eigenvalue weighted by Crippen LogP contribution is -2.04. The molecular weight excluding hydrogens is 184 g/mol. The molecular formula is C10H10O4. The topological polar surface area (TPSA) is 44.8 Å². The molecule has 4 heteroatoms. The number of fused-ring (bicyclic) bond motifs is 1. The Hall–Kier alpha value is -1.55. The van der Waals surface area contributed by atoms with Gasteiger partial charge in [-0.25, -0.2) is 4.79 Å². The Kier molecular flexibility index (Phi) is 2.37. The van der Waals surface area contributed by atoms with E-state index in [-0.39, 0.29) is 5.97 Å². The predicted octanol–water partition coefficient (Wildman–Crippen LogP) is 1.69. The zero-order chi connectivity index (χ0) is 9.97. The summed E-state index contributed by atoms with van der Waals surface area (Å²) in [4.78, 5) is 20.9. The van der Waals surface area contributed by atoms with Crippen molar-refractivity contribution < 1.29 is 19.3 Å². The zero-order valence-electron chi connectivity index (χ0n) is 7.78. The molecule has 1 heterocycles. The smallest absolute Gasteiger partial charge is 0.338 e. The molecule has 0 atom stereocenters. The van der Waals surface area contributed by atoms with Crippen LogP contribution in [0.2, 0.25) is 0 Å². The first kappa shape index (κ1) is 9.02. The second-order valence-corrected chi connectivity index (χ2v) is 2.89. The van der Waals surface area contributed by atoms with Crippen LogP contribution in [0.4, 0.5) is 0 Å². The first-order chi connectivity index (χ1) is 6.81. The molecule has 0 unspecified atom stereocenters. The minimum absolute atomic E-state index is 0.317. The second kappa shape index (κ2) is 3.67. The molecule has 0 aliphatic carbocycles. The number of rotatable bonds is 2. The van der Waals surface area contributed by atoms with Gasteiger partial charge in [-0.15, -0.1) is 0 Å². The molecule has 14 heavy (non-hydrogen) atoms. The van der Waals surface area contributed by atoms with Crippen LogP contribution in [0.15, 0.2) is 18.2 Å². The largest absolute Gasteiger partial charge is 0.462 e. The maximum atomic E-state index is 11.3. The van der Waals surface area contributed by atoms with Gasteiger partial charge < -0.3 is 9.62 Å². The first-order valence-electron chi connectivity index (χ1n) is 4.41. The van der Waals surface area contributed by atoms with Crippen molar-refractivity contribution in [3.63, 3.8) is 0 Å². The normalized spacial score (nSPS) is 13.2. The number of benzene rings is 1. The van der Waals surface area contributed by atoms with Crippen LogP contribution < -0.4 is 4.89 Å². The summed E-state index contributed by atoms with van der Waals surface area (Å²) in [5, 5.41) is 0. The zero-order valence-corrected chi connectivity index (χ0v) is 7.78. The minimum atomic E-state index is -0.317. The maximum Gasteiger partial charge on any atom is 0.338 e. The summed E-state index contributed by atoms with van der Waals surface area (Å²) in [6, 6.07) is 5.08. The average molecular weight is 194 g/mol. The fraction of sp³-hybridized carbons (Fsp3) is 0.300. The molecule has 0 spiro atoms. The van der Waals surface area contributed by atoms with Gasteiger partial charge in [-0.3, -0.25) is 0 Å². The maximum absolute atomic E-state index is 11.3. The van der Waals surface area contributed by atoms with Gasteiger partial charge >= 0.3 is 5.97 Å². The van der Waals surface area contributed by atoms with Gasteiger partial charge in [-0.1, -0.05) is 0 Å². The molecule has 0 amide bonds. The third-order valence-electron chi connectivity index (χ3n) is 1.93. The van der Waals surface area contributed by atoms with Crippen LogP contribution in [0.25, 0.3) is 0 Å². The van der Waals surface area contributed by atoms with E-state index in [1.807, 2.05) is 0 Å². The Balaban J connectivity index is 2.24. The highest BCUT2D eigenvalue weighted by atomic mass is 17.2. The fourth-order valence-electron chi connectivity index (χ4n) is 1.27. The van der Waals surface area contributed by atoms with Gasteiger partial charge in [0.25, 0.3) is 0 Å². The van der Waals surface area contributed by atoms with Gasteiger partial charge in [0.05, 0.1) is 12.2 Å². The Morgan fingerprint density at radius 1 is 1.57 bits per heavy atom. The summed E-state index contributed by atoms with van der Waals surface area (Å²) < 4.78 is 4.87. The quantitative estimate of drug-likeness (QED) is 0.530. The summed E-state index contributed by atoms with van der Waals surface area (Å²) in [6.45, 7) is 2.53. The van der Waals surface area contributed by atoms with Crippen LogP contribution in [-0.2, 0) is 16.2 Å². The van der Waals surface area contributed by atoms with E-state index in [9.17, 15) is 4.79 Å². The Bertz CT molecular complexity index is 359. The van der Waals surface area contributed by atoms with Crippen molar-refractivity contribution in [2.75, 3.05) is 6.61 Å². The number of hydrogen-bond donors (Lipinski definition) is 0. The minimum Gasteiger partial charge on any atom is -0.462 e. The molecule has 0 saturated heterocycles. The van der Waals surface area contributed by atoms with E-state index in [0.717, 1.165) is 5.56 Å². The van der Waals surface area contributed by atoms with Gasteiger partial charge in [0.1, 0.15) is 6.61 Å².